The van der Waals surface area contributed by atoms with E-state index in [2.05, 4.69) is 0 Å². The zero-order valence-electron chi connectivity index (χ0n) is 16.3. The summed E-state index contributed by atoms with van der Waals surface area (Å²) in [4.78, 5) is 24.8. The quantitative estimate of drug-likeness (QED) is 0.449. The van der Waals surface area contributed by atoms with E-state index >= 15 is 0 Å². The van der Waals surface area contributed by atoms with Crippen LogP contribution in [0.25, 0.3) is 0 Å². The standard InChI is InChI=1S/C22H31NO5/c24-20(16-18-8-2-1-3-9-18)13-12-19-10-4-5-11-21(25)23(19)14-6-7-15-28-17-22(26)27/h1-3,8-9,12-13,19-20,24H,4-7,10-11,14-17H2,(H,26,27)/t19-,20?/m1/s1. The Morgan fingerprint density at radius 1 is 1.25 bits per heavy atom. The number of benzene rings is 1. The average Bonchev–Trinajstić information content (AvgIpc) is 2.85. The van der Waals surface area contributed by atoms with Gasteiger partial charge in [-0.1, -0.05) is 48.9 Å². The van der Waals surface area contributed by atoms with E-state index in [9.17, 15) is 14.7 Å². The number of hydrogen-bond acceptors (Lipinski definition) is 4. The fourth-order valence-electron chi connectivity index (χ4n) is 3.43. The Labute approximate surface area is 166 Å². The maximum atomic E-state index is 12.5. The number of ether oxygens (including phenoxy) is 1. The first-order valence-corrected chi connectivity index (χ1v) is 10.1. The molecule has 1 aromatic carbocycles. The summed E-state index contributed by atoms with van der Waals surface area (Å²) in [6.45, 7) is 0.719. The normalized spacial score (nSPS) is 19.0. The second kappa shape index (κ2) is 12.3. The van der Waals surface area contributed by atoms with E-state index in [1.165, 1.54) is 0 Å². The smallest absolute Gasteiger partial charge is 0.329 e. The van der Waals surface area contributed by atoms with Gasteiger partial charge in [0.1, 0.15) is 6.61 Å². The van der Waals surface area contributed by atoms with Crippen molar-refractivity contribution in [1.82, 2.24) is 4.90 Å². The number of aliphatic hydroxyl groups excluding tert-OH is 1. The molecular weight excluding hydrogens is 358 g/mol. The SMILES string of the molecule is O=C(O)COCCCCN1C(=O)CCCC[C@@H]1C=CC(O)Cc1ccccc1. The summed E-state index contributed by atoms with van der Waals surface area (Å²) >= 11 is 0. The van der Waals surface area contributed by atoms with Crippen LogP contribution in [0.3, 0.4) is 0 Å². The molecule has 1 aromatic rings. The van der Waals surface area contributed by atoms with E-state index in [0.717, 1.165) is 31.2 Å². The van der Waals surface area contributed by atoms with Gasteiger partial charge in [-0.25, -0.2) is 4.79 Å². The van der Waals surface area contributed by atoms with Gasteiger partial charge >= 0.3 is 5.97 Å². The van der Waals surface area contributed by atoms with Gasteiger partial charge in [-0.3, -0.25) is 4.79 Å². The number of carboxylic acids is 1. The van der Waals surface area contributed by atoms with Gasteiger partial charge in [0.25, 0.3) is 0 Å². The number of nitrogens with zero attached hydrogens (tertiary/aromatic N) is 1. The largest absolute Gasteiger partial charge is 0.480 e. The summed E-state index contributed by atoms with van der Waals surface area (Å²) in [6, 6.07) is 9.85. The lowest BCUT2D eigenvalue weighted by atomic mass is 10.0. The highest BCUT2D eigenvalue weighted by Crippen LogP contribution is 2.20. The van der Waals surface area contributed by atoms with Gasteiger partial charge in [-0.05, 0) is 31.2 Å². The predicted molar refractivity (Wildman–Crippen MR) is 107 cm³/mol. The van der Waals surface area contributed by atoms with Crippen LogP contribution < -0.4 is 0 Å². The third-order valence-electron chi connectivity index (χ3n) is 4.87. The number of amides is 1. The molecule has 0 aromatic heterocycles. The first kappa shape index (κ1) is 22.1. The van der Waals surface area contributed by atoms with Crippen molar-refractivity contribution < 1.29 is 24.5 Å². The highest BCUT2D eigenvalue weighted by molar-refractivity contribution is 5.77. The number of rotatable bonds is 11. The van der Waals surface area contributed by atoms with E-state index in [-0.39, 0.29) is 18.6 Å². The predicted octanol–water partition coefficient (Wildman–Crippen LogP) is 2.80. The fraction of sp³-hybridized carbons (Fsp3) is 0.545. The molecule has 1 aliphatic rings. The second-order valence-corrected chi connectivity index (χ2v) is 7.20. The zero-order valence-corrected chi connectivity index (χ0v) is 16.3. The number of aliphatic carboxylic acids is 1. The molecule has 1 heterocycles. The van der Waals surface area contributed by atoms with Gasteiger partial charge in [-0.2, -0.15) is 0 Å². The minimum absolute atomic E-state index is 0.000335. The van der Waals surface area contributed by atoms with Crippen LogP contribution >= 0.6 is 0 Å². The Hall–Kier alpha value is -2.18. The molecule has 1 saturated heterocycles. The summed E-state index contributed by atoms with van der Waals surface area (Å²) in [5.41, 5.74) is 1.08. The maximum absolute atomic E-state index is 12.5. The van der Waals surface area contributed by atoms with Crippen molar-refractivity contribution in [2.24, 2.45) is 0 Å². The molecule has 0 bridgehead atoms. The van der Waals surface area contributed by atoms with E-state index in [1.807, 2.05) is 41.3 Å². The molecule has 6 nitrogen and oxygen atoms in total. The molecule has 0 saturated carbocycles. The van der Waals surface area contributed by atoms with Crippen molar-refractivity contribution in [3.63, 3.8) is 0 Å². The molecule has 2 atom stereocenters. The van der Waals surface area contributed by atoms with Gasteiger partial charge in [0.15, 0.2) is 0 Å². The summed E-state index contributed by atoms with van der Waals surface area (Å²) in [7, 11) is 0. The first-order valence-electron chi connectivity index (χ1n) is 10.1. The summed E-state index contributed by atoms with van der Waals surface area (Å²) < 4.78 is 5.05. The monoisotopic (exact) mass is 389 g/mol. The Morgan fingerprint density at radius 3 is 2.79 bits per heavy atom. The molecule has 2 N–H and O–H groups in total. The highest BCUT2D eigenvalue weighted by atomic mass is 16.5. The van der Waals surface area contributed by atoms with Crippen molar-refractivity contribution in [2.75, 3.05) is 19.8 Å². The van der Waals surface area contributed by atoms with Gasteiger partial charge in [0.05, 0.1) is 12.1 Å². The first-order chi connectivity index (χ1) is 13.6. The average molecular weight is 389 g/mol. The van der Waals surface area contributed by atoms with Gasteiger partial charge in [0, 0.05) is 26.0 Å². The van der Waals surface area contributed by atoms with Gasteiger partial charge in [0.2, 0.25) is 5.91 Å². The van der Waals surface area contributed by atoms with Crippen LogP contribution in [-0.2, 0) is 20.7 Å². The van der Waals surface area contributed by atoms with Crippen LogP contribution in [-0.4, -0.2) is 58.9 Å². The van der Waals surface area contributed by atoms with Crippen molar-refractivity contribution in [2.45, 2.75) is 57.1 Å². The lowest BCUT2D eigenvalue weighted by Gasteiger charge is -2.28. The fourth-order valence-corrected chi connectivity index (χ4v) is 3.43. The Bertz CT molecular complexity index is 631. The Kier molecular flexibility index (Phi) is 9.72. The lowest BCUT2D eigenvalue weighted by Crippen LogP contribution is -2.38. The molecule has 1 unspecified atom stereocenters. The van der Waals surface area contributed by atoms with Crippen LogP contribution in [0.1, 0.15) is 44.1 Å². The summed E-state index contributed by atoms with van der Waals surface area (Å²) in [6.07, 6.45) is 8.58. The van der Waals surface area contributed by atoms with Crippen molar-refractivity contribution in [3.8, 4) is 0 Å². The minimum Gasteiger partial charge on any atom is -0.480 e. The molecule has 0 spiro atoms. The molecule has 0 radical (unpaired) electrons. The number of likely N-dealkylation sites (tertiary alicyclic amines) is 1. The second-order valence-electron chi connectivity index (χ2n) is 7.20. The number of carbonyl (C=O) groups is 2. The maximum Gasteiger partial charge on any atom is 0.329 e. The molecule has 6 heteroatoms. The van der Waals surface area contributed by atoms with Crippen molar-refractivity contribution >= 4 is 11.9 Å². The van der Waals surface area contributed by atoms with Crippen LogP contribution in [0, 0.1) is 0 Å². The summed E-state index contributed by atoms with van der Waals surface area (Å²) in [5, 5.41) is 18.9. The Balaban J connectivity index is 1.85. The van der Waals surface area contributed by atoms with Crippen molar-refractivity contribution in [1.29, 1.82) is 0 Å². The zero-order chi connectivity index (χ0) is 20.2. The van der Waals surface area contributed by atoms with Crippen LogP contribution in [0.4, 0.5) is 0 Å². The van der Waals surface area contributed by atoms with Gasteiger partial charge in [-0.15, -0.1) is 0 Å². The number of aliphatic hydroxyl groups is 1. The molecule has 1 aliphatic heterocycles. The lowest BCUT2D eigenvalue weighted by molar-refractivity contribution is -0.142. The van der Waals surface area contributed by atoms with E-state index in [4.69, 9.17) is 9.84 Å². The van der Waals surface area contributed by atoms with Crippen LogP contribution in [0.2, 0.25) is 0 Å². The molecule has 1 amide bonds. The summed E-state index contributed by atoms with van der Waals surface area (Å²) in [5.74, 6) is -0.821. The van der Waals surface area contributed by atoms with E-state index < -0.39 is 12.1 Å². The van der Waals surface area contributed by atoms with Crippen molar-refractivity contribution in [3.05, 3.63) is 48.0 Å². The molecule has 1 fully saturated rings. The third kappa shape index (κ3) is 8.23. The minimum atomic E-state index is -0.970. The number of unbranched alkanes of at least 4 members (excludes halogenated alkanes) is 1. The third-order valence-corrected chi connectivity index (χ3v) is 4.87. The van der Waals surface area contributed by atoms with Crippen LogP contribution in [0.5, 0.6) is 0 Å². The van der Waals surface area contributed by atoms with E-state index in [0.29, 0.717) is 32.4 Å². The molecule has 2 rings (SSSR count). The van der Waals surface area contributed by atoms with Gasteiger partial charge < -0.3 is 19.8 Å². The Morgan fingerprint density at radius 2 is 2.04 bits per heavy atom. The van der Waals surface area contributed by atoms with E-state index in [1.54, 1.807) is 6.08 Å². The number of hydrogen-bond donors (Lipinski definition) is 2. The molecular formula is C22H31NO5. The highest BCUT2D eigenvalue weighted by Gasteiger charge is 2.24. The number of carbonyl (C=O) groups excluding carboxylic acids is 1. The topological polar surface area (TPSA) is 87.1 Å². The number of carboxylic acid groups (broad SMARTS) is 1. The molecule has 154 valence electrons. The molecule has 0 aliphatic carbocycles. The molecule has 28 heavy (non-hydrogen) atoms. The van der Waals surface area contributed by atoms with Crippen LogP contribution in [0.15, 0.2) is 42.5 Å².